The second kappa shape index (κ2) is 11.7. The summed E-state index contributed by atoms with van der Waals surface area (Å²) in [7, 11) is 0. The van der Waals surface area contributed by atoms with Crippen molar-refractivity contribution in [3.63, 3.8) is 0 Å². The SMILES string of the molecule is CC(=O)OC(C)C1=CN2C(=O)C(N(C(C)=O)c3cccs3)[C@H]2SC1C(=O)OC(c1ccccc1)c1ccccc1. The Morgan fingerprint density at radius 3 is 2.05 bits per heavy atom. The van der Waals surface area contributed by atoms with Crippen molar-refractivity contribution in [2.24, 2.45) is 0 Å². The van der Waals surface area contributed by atoms with Gasteiger partial charge in [0.25, 0.3) is 5.91 Å². The smallest absolute Gasteiger partial charge is 0.324 e. The molecule has 0 saturated carbocycles. The summed E-state index contributed by atoms with van der Waals surface area (Å²) >= 11 is 2.58. The number of carbonyl (C=O) groups is 4. The number of β-lactam (4-membered cyclic amide) rings is 1. The van der Waals surface area contributed by atoms with E-state index in [0.717, 1.165) is 11.1 Å². The first-order chi connectivity index (χ1) is 19.3. The fraction of sp³-hybridized carbons (Fsp3) is 0.267. The maximum atomic E-state index is 13.9. The first-order valence-corrected chi connectivity index (χ1v) is 14.6. The van der Waals surface area contributed by atoms with Gasteiger partial charge in [-0.25, -0.2) is 0 Å². The number of amides is 2. The highest BCUT2D eigenvalue weighted by Crippen LogP contribution is 2.46. The van der Waals surface area contributed by atoms with E-state index in [2.05, 4.69) is 0 Å². The van der Waals surface area contributed by atoms with E-state index in [1.807, 2.05) is 72.1 Å². The van der Waals surface area contributed by atoms with Gasteiger partial charge in [0, 0.05) is 25.6 Å². The van der Waals surface area contributed by atoms with Gasteiger partial charge in [-0.05, 0) is 35.6 Å². The summed E-state index contributed by atoms with van der Waals surface area (Å²) in [4.78, 5) is 54.7. The molecule has 2 aliphatic rings. The standard InChI is InChI=1S/C30H28N2O6S2/c1-18(37-20(3)34)23-17-31-28(35)25(32(19(2)33)24-15-10-16-39-24)29(31)40-27(23)30(36)38-26(21-11-6-4-7-12-21)22-13-8-5-9-14-22/h4-18,25-27,29H,1-3H3/t18?,25?,27?,29-/m1/s1. The molecule has 3 heterocycles. The number of hydrogen-bond donors (Lipinski definition) is 0. The summed E-state index contributed by atoms with van der Waals surface area (Å²) in [6.07, 6.45) is 0.132. The zero-order valence-corrected chi connectivity index (χ0v) is 23.8. The number of carbonyl (C=O) groups excluding carboxylic acids is 4. The Kier molecular flexibility index (Phi) is 8.09. The molecule has 1 aromatic heterocycles. The van der Waals surface area contributed by atoms with Crippen molar-refractivity contribution in [1.29, 1.82) is 0 Å². The minimum absolute atomic E-state index is 0.267. The van der Waals surface area contributed by atoms with Crippen LogP contribution in [0.2, 0.25) is 0 Å². The van der Waals surface area contributed by atoms with Crippen LogP contribution in [-0.4, -0.2) is 51.4 Å². The summed E-state index contributed by atoms with van der Waals surface area (Å²) in [5.41, 5.74) is 2.05. The molecule has 2 amide bonds. The molecule has 3 unspecified atom stereocenters. The van der Waals surface area contributed by atoms with Gasteiger partial charge in [-0.15, -0.1) is 23.1 Å². The second-order valence-corrected chi connectivity index (χ2v) is 11.6. The number of rotatable bonds is 8. The minimum Gasteiger partial charge on any atom is -0.458 e. The van der Waals surface area contributed by atoms with E-state index in [-0.39, 0.29) is 11.8 Å². The predicted molar refractivity (Wildman–Crippen MR) is 153 cm³/mol. The average Bonchev–Trinajstić information content (AvgIpc) is 3.48. The van der Waals surface area contributed by atoms with E-state index in [1.54, 1.807) is 19.2 Å². The topological polar surface area (TPSA) is 93.2 Å². The van der Waals surface area contributed by atoms with Crippen molar-refractivity contribution in [2.75, 3.05) is 4.90 Å². The Morgan fingerprint density at radius 1 is 0.900 bits per heavy atom. The first kappa shape index (κ1) is 27.7. The van der Waals surface area contributed by atoms with Gasteiger partial charge in [0.1, 0.15) is 22.8 Å². The number of esters is 2. The maximum absolute atomic E-state index is 13.9. The molecular weight excluding hydrogens is 548 g/mol. The summed E-state index contributed by atoms with van der Waals surface area (Å²) < 4.78 is 11.6. The monoisotopic (exact) mass is 576 g/mol. The fourth-order valence-electron chi connectivity index (χ4n) is 4.92. The zero-order valence-electron chi connectivity index (χ0n) is 22.1. The number of anilines is 1. The van der Waals surface area contributed by atoms with Crippen molar-refractivity contribution < 1.29 is 28.7 Å². The van der Waals surface area contributed by atoms with Crippen LogP contribution in [0.15, 0.2) is 89.9 Å². The van der Waals surface area contributed by atoms with Gasteiger partial charge in [-0.2, -0.15) is 0 Å². The first-order valence-electron chi connectivity index (χ1n) is 12.8. The lowest BCUT2D eigenvalue weighted by Gasteiger charge is -2.52. The molecule has 1 saturated heterocycles. The van der Waals surface area contributed by atoms with E-state index in [1.165, 1.54) is 46.7 Å². The number of nitrogens with zero attached hydrogens (tertiary/aromatic N) is 2. The van der Waals surface area contributed by atoms with Crippen LogP contribution in [0.25, 0.3) is 0 Å². The van der Waals surface area contributed by atoms with Crippen LogP contribution in [0.3, 0.4) is 0 Å². The normalized spacial score (nSPS) is 20.6. The van der Waals surface area contributed by atoms with Gasteiger partial charge in [0.2, 0.25) is 5.91 Å². The maximum Gasteiger partial charge on any atom is 0.324 e. The van der Waals surface area contributed by atoms with Crippen molar-refractivity contribution >= 4 is 51.9 Å². The second-order valence-electron chi connectivity index (χ2n) is 9.46. The molecule has 1 fully saturated rings. The van der Waals surface area contributed by atoms with Crippen LogP contribution in [0.5, 0.6) is 0 Å². The molecule has 0 radical (unpaired) electrons. The van der Waals surface area contributed by atoms with Crippen LogP contribution in [0, 0.1) is 0 Å². The molecule has 40 heavy (non-hydrogen) atoms. The molecule has 0 bridgehead atoms. The van der Waals surface area contributed by atoms with Crippen molar-refractivity contribution in [2.45, 2.75) is 49.6 Å². The summed E-state index contributed by atoms with van der Waals surface area (Å²) in [5.74, 6) is -1.58. The number of thiophene rings is 1. The van der Waals surface area contributed by atoms with E-state index < -0.39 is 40.8 Å². The van der Waals surface area contributed by atoms with Gasteiger partial charge in [-0.1, -0.05) is 60.7 Å². The predicted octanol–water partition coefficient (Wildman–Crippen LogP) is 4.92. The van der Waals surface area contributed by atoms with Crippen LogP contribution < -0.4 is 4.90 Å². The molecular formula is C30H28N2O6S2. The highest BCUT2D eigenvalue weighted by Gasteiger charge is 2.56. The molecule has 8 nitrogen and oxygen atoms in total. The summed E-state index contributed by atoms with van der Waals surface area (Å²) in [6, 6.07) is 21.7. The van der Waals surface area contributed by atoms with Crippen molar-refractivity contribution in [3.8, 4) is 0 Å². The van der Waals surface area contributed by atoms with Gasteiger partial charge < -0.3 is 14.4 Å². The number of hydrogen-bond acceptors (Lipinski definition) is 8. The summed E-state index contributed by atoms with van der Waals surface area (Å²) in [5, 5.41) is 1.10. The van der Waals surface area contributed by atoms with Crippen molar-refractivity contribution in [3.05, 3.63) is 101 Å². The van der Waals surface area contributed by atoms with E-state index in [4.69, 9.17) is 9.47 Å². The van der Waals surface area contributed by atoms with Crippen LogP contribution in [0.1, 0.15) is 38.0 Å². The molecule has 206 valence electrons. The van der Waals surface area contributed by atoms with E-state index in [9.17, 15) is 19.2 Å². The highest BCUT2D eigenvalue weighted by molar-refractivity contribution is 8.01. The number of fused-ring (bicyclic) bond motifs is 1. The lowest BCUT2D eigenvalue weighted by Crippen LogP contribution is -2.70. The largest absolute Gasteiger partial charge is 0.458 e. The Balaban J connectivity index is 1.48. The number of thioether (sulfide) groups is 1. The van der Waals surface area contributed by atoms with E-state index in [0.29, 0.717) is 10.6 Å². The molecule has 2 aliphatic heterocycles. The Hall–Kier alpha value is -3.89. The Labute approximate surface area is 240 Å². The third-order valence-corrected chi connectivity index (χ3v) is 9.11. The van der Waals surface area contributed by atoms with Crippen molar-refractivity contribution in [1.82, 2.24) is 4.90 Å². The van der Waals surface area contributed by atoms with Gasteiger partial charge in [0.15, 0.2) is 6.10 Å². The van der Waals surface area contributed by atoms with Gasteiger partial charge >= 0.3 is 11.9 Å². The minimum atomic E-state index is -0.877. The van der Waals surface area contributed by atoms with Gasteiger partial charge in [0.05, 0.1) is 5.00 Å². The summed E-state index contributed by atoms with van der Waals surface area (Å²) in [6.45, 7) is 4.37. The molecule has 2 aromatic carbocycles. The van der Waals surface area contributed by atoms with Crippen LogP contribution in [-0.2, 0) is 28.7 Å². The third-order valence-electron chi connectivity index (χ3n) is 6.74. The van der Waals surface area contributed by atoms with Crippen LogP contribution >= 0.6 is 23.1 Å². The quantitative estimate of drug-likeness (QED) is 0.278. The number of benzene rings is 2. The zero-order chi connectivity index (χ0) is 28.4. The molecule has 5 rings (SSSR count). The Morgan fingerprint density at radius 2 is 1.52 bits per heavy atom. The van der Waals surface area contributed by atoms with Gasteiger partial charge in [-0.3, -0.25) is 24.1 Å². The lowest BCUT2D eigenvalue weighted by atomic mass is 10.0. The number of ether oxygens (including phenoxy) is 2. The highest BCUT2D eigenvalue weighted by atomic mass is 32.2. The fourth-order valence-corrected chi connectivity index (χ4v) is 7.26. The molecule has 0 N–H and O–H groups in total. The lowest BCUT2D eigenvalue weighted by molar-refractivity contribution is -0.149. The molecule has 10 heteroatoms. The average molecular weight is 577 g/mol. The molecule has 0 aliphatic carbocycles. The third kappa shape index (κ3) is 5.41. The molecule has 3 aromatic rings. The Bertz CT molecular complexity index is 1390. The molecule has 0 spiro atoms. The van der Waals surface area contributed by atoms with Crippen LogP contribution in [0.4, 0.5) is 5.00 Å². The molecule has 4 atom stereocenters. The van der Waals surface area contributed by atoms with E-state index >= 15 is 0 Å².